The van der Waals surface area contributed by atoms with Gasteiger partial charge in [-0.15, -0.1) is 0 Å². The molecule has 1 rings (SSSR count). The number of nitrogen functional groups attached to an aromatic ring is 1. The van der Waals surface area contributed by atoms with Crippen molar-refractivity contribution in [1.82, 2.24) is 4.37 Å². The molecule has 0 atom stereocenters. The molecular formula is C7H13N3OS. The van der Waals surface area contributed by atoms with Gasteiger partial charge in [-0.25, -0.2) is 0 Å². The Kier molecular flexibility index (Phi) is 3.83. The molecule has 0 aromatic carbocycles. The smallest absolute Gasteiger partial charge is 0.139 e. The normalized spacial score (nSPS) is 10.1. The van der Waals surface area contributed by atoms with Crippen molar-refractivity contribution in [2.45, 2.75) is 6.42 Å². The average Bonchev–Trinajstić information content (AvgIpc) is 2.45. The standard InChI is InChI=1S/C7H13N3OS/c1-11-4-2-3-9-7-5-6(8)10-12-7/h5,9H,2-4H2,1H3,(H2,8,10). The molecule has 0 aliphatic heterocycles. The third-order valence-electron chi connectivity index (χ3n) is 1.35. The minimum atomic E-state index is 0.578. The van der Waals surface area contributed by atoms with Crippen LogP contribution in [0.25, 0.3) is 0 Å². The number of hydrogen-bond donors (Lipinski definition) is 2. The fourth-order valence-corrected chi connectivity index (χ4v) is 1.40. The summed E-state index contributed by atoms with van der Waals surface area (Å²) in [4.78, 5) is 0. The van der Waals surface area contributed by atoms with Crippen molar-refractivity contribution in [2.75, 3.05) is 31.3 Å². The zero-order chi connectivity index (χ0) is 8.81. The summed E-state index contributed by atoms with van der Waals surface area (Å²) in [5.74, 6) is 0.578. The topological polar surface area (TPSA) is 60.2 Å². The molecule has 3 N–H and O–H groups in total. The highest BCUT2D eigenvalue weighted by molar-refractivity contribution is 7.10. The van der Waals surface area contributed by atoms with Crippen molar-refractivity contribution < 1.29 is 4.74 Å². The number of rotatable bonds is 5. The molecule has 1 aromatic rings. The van der Waals surface area contributed by atoms with Crippen LogP contribution in [-0.2, 0) is 4.74 Å². The van der Waals surface area contributed by atoms with Crippen LogP contribution in [0.2, 0.25) is 0 Å². The van der Waals surface area contributed by atoms with E-state index < -0.39 is 0 Å². The second kappa shape index (κ2) is 4.95. The molecule has 0 unspecified atom stereocenters. The van der Waals surface area contributed by atoms with Gasteiger partial charge >= 0.3 is 0 Å². The number of methoxy groups -OCH3 is 1. The summed E-state index contributed by atoms with van der Waals surface area (Å²) < 4.78 is 8.85. The monoisotopic (exact) mass is 187 g/mol. The highest BCUT2D eigenvalue weighted by atomic mass is 32.1. The number of hydrogen-bond acceptors (Lipinski definition) is 5. The van der Waals surface area contributed by atoms with Gasteiger partial charge in [0.25, 0.3) is 0 Å². The molecule has 12 heavy (non-hydrogen) atoms. The Morgan fingerprint density at radius 2 is 2.58 bits per heavy atom. The summed E-state index contributed by atoms with van der Waals surface area (Å²) in [5.41, 5.74) is 5.44. The van der Waals surface area contributed by atoms with Crippen LogP contribution in [0.1, 0.15) is 6.42 Å². The maximum atomic E-state index is 5.44. The molecule has 68 valence electrons. The zero-order valence-electron chi connectivity index (χ0n) is 7.04. The van der Waals surface area contributed by atoms with Gasteiger partial charge in [0.1, 0.15) is 10.8 Å². The first-order valence-electron chi connectivity index (χ1n) is 3.78. The van der Waals surface area contributed by atoms with E-state index >= 15 is 0 Å². The molecule has 4 nitrogen and oxygen atoms in total. The summed E-state index contributed by atoms with van der Waals surface area (Å²) in [5, 5.41) is 4.21. The molecule has 0 bridgehead atoms. The van der Waals surface area contributed by atoms with Crippen LogP contribution < -0.4 is 11.1 Å². The molecule has 1 aromatic heterocycles. The number of nitrogens with two attached hydrogens (primary N) is 1. The van der Waals surface area contributed by atoms with Crippen LogP contribution in [-0.4, -0.2) is 24.6 Å². The van der Waals surface area contributed by atoms with E-state index in [1.807, 2.05) is 6.07 Å². The van der Waals surface area contributed by atoms with E-state index in [0.29, 0.717) is 5.82 Å². The Morgan fingerprint density at radius 1 is 1.75 bits per heavy atom. The highest BCUT2D eigenvalue weighted by Gasteiger charge is 1.95. The lowest BCUT2D eigenvalue weighted by atomic mass is 10.4. The van der Waals surface area contributed by atoms with Gasteiger partial charge in [0, 0.05) is 26.3 Å². The minimum Gasteiger partial charge on any atom is -0.385 e. The quantitative estimate of drug-likeness (QED) is 0.679. The average molecular weight is 187 g/mol. The first kappa shape index (κ1) is 9.28. The van der Waals surface area contributed by atoms with Crippen LogP contribution in [0, 0.1) is 0 Å². The van der Waals surface area contributed by atoms with Crippen LogP contribution in [0.15, 0.2) is 6.07 Å². The van der Waals surface area contributed by atoms with Crippen molar-refractivity contribution >= 4 is 22.4 Å². The Labute approximate surface area is 75.9 Å². The van der Waals surface area contributed by atoms with Crippen molar-refractivity contribution in [3.05, 3.63) is 6.07 Å². The lowest BCUT2D eigenvalue weighted by Gasteiger charge is -2.00. The second-order valence-corrected chi connectivity index (χ2v) is 3.19. The summed E-state index contributed by atoms with van der Waals surface area (Å²) in [6.07, 6.45) is 0.994. The molecular weight excluding hydrogens is 174 g/mol. The predicted octanol–water partition coefficient (Wildman–Crippen LogP) is 1.17. The summed E-state index contributed by atoms with van der Waals surface area (Å²) in [7, 11) is 1.70. The van der Waals surface area contributed by atoms with Gasteiger partial charge in [0.05, 0.1) is 0 Å². The number of nitrogens with zero attached hydrogens (tertiary/aromatic N) is 1. The Hall–Kier alpha value is -0.810. The third kappa shape index (κ3) is 3.06. The third-order valence-corrected chi connectivity index (χ3v) is 2.11. The van der Waals surface area contributed by atoms with E-state index in [1.54, 1.807) is 7.11 Å². The van der Waals surface area contributed by atoms with Gasteiger partial charge in [-0.1, -0.05) is 0 Å². The van der Waals surface area contributed by atoms with Gasteiger partial charge < -0.3 is 15.8 Å². The molecule has 0 fully saturated rings. The summed E-state index contributed by atoms with van der Waals surface area (Å²) >= 11 is 1.38. The molecule has 0 saturated heterocycles. The van der Waals surface area contributed by atoms with E-state index in [4.69, 9.17) is 10.5 Å². The van der Waals surface area contributed by atoms with E-state index in [2.05, 4.69) is 9.69 Å². The van der Waals surface area contributed by atoms with Gasteiger partial charge in [-0.3, -0.25) is 0 Å². The molecule has 0 spiro atoms. The highest BCUT2D eigenvalue weighted by Crippen LogP contribution is 2.16. The summed E-state index contributed by atoms with van der Waals surface area (Å²) in [6.45, 7) is 1.68. The molecule has 0 saturated carbocycles. The fourth-order valence-electron chi connectivity index (χ4n) is 0.800. The number of nitrogens with one attached hydrogen (secondary N) is 1. The van der Waals surface area contributed by atoms with Crippen molar-refractivity contribution in [1.29, 1.82) is 0 Å². The lowest BCUT2D eigenvalue weighted by Crippen LogP contribution is -2.02. The number of ether oxygens (including phenoxy) is 1. The van der Waals surface area contributed by atoms with Crippen LogP contribution in [0.4, 0.5) is 10.8 Å². The first-order valence-corrected chi connectivity index (χ1v) is 4.55. The Morgan fingerprint density at radius 3 is 3.17 bits per heavy atom. The van der Waals surface area contributed by atoms with Crippen LogP contribution in [0.5, 0.6) is 0 Å². The lowest BCUT2D eigenvalue weighted by molar-refractivity contribution is 0.198. The van der Waals surface area contributed by atoms with Gasteiger partial charge in [-0.2, -0.15) is 4.37 Å². The van der Waals surface area contributed by atoms with Crippen LogP contribution >= 0.6 is 11.5 Å². The molecule has 0 amide bonds. The molecule has 0 radical (unpaired) electrons. The van der Waals surface area contributed by atoms with Gasteiger partial charge in [0.2, 0.25) is 0 Å². The fraction of sp³-hybridized carbons (Fsp3) is 0.571. The molecule has 0 aliphatic carbocycles. The minimum absolute atomic E-state index is 0.578. The van der Waals surface area contributed by atoms with Crippen LogP contribution in [0.3, 0.4) is 0 Å². The van der Waals surface area contributed by atoms with Crippen molar-refractivity contribution in [3.63, 3.8) is 0 Å². The largest absolute Gasteiger partial charge is 0.385 e. The Bertz CT molecular complexity index is 226. The van der Waals surface area contributed by atoms with E-state index in [9.17, 15) is 0 Å². The zero-order valence-corrected chi connectivity index (χ0v) is 7.86. The SMILES string of the molecule is COCCCNc1cc(N)ns1. The maximum absolute atomic E-state index is 5.44. The predicted molar refractivity (Wildman–Crippen MR) is 51.5 cm³/mol. The van der Waals surface area contributed by atoms with E-state index in [0.717, 1.165) is 24.6 Å². The van der Waals surface area contributed by atoms with E-state index in [-0.39, 0.29) is 0 Å². The van der Waals surface area contributed by atoms with E-state index in [1.165, 1.54) is 11.5 Å². The Balaban J connectivity index is 2.15. The molecule has 5 heteroatoms. The first-order chi connectivity index (χ1) is 5.83. The number of aromatic nitrogens is 1. The molecule has 0 aliphatic rings. The number of anilines is 2. The second-order valence-electron chi connectivity index (χ2n) is 2.39. The van der Waals surface area contributed by atoms with Gasteiger partial charge in [-0.05, 0) is 18.0 Å². The van der Waals surface area contributed by atoms with Crippen molar-refractivity contribution in [3.8, 4) is 0 Å². The maximum Gasteiger partial charge on any atom is 0.139 e. The van der Waals surface area contributed by atoms with Crippen molar-refractivity contribution in [2.24, 2.45) is 0 Å². The van der Waals surface area contributed by atoms with Gasteiger partial charge in [0.15, 0.2) is 0 Å². The summed E-state index contributed by atoms with van der Waals surface area (Å²) in [6, 6.07) is 1.83. The molecule has 1 heterocycles.